The Kier molecular flexibility index (Phi) is 14.8. The number of halogens is 1. The van der Waals surface area contributed by atoms with E-state index in [0.717, 1.165) is 11.3 Å². The first kappa shape index (κ1) is 47.7. The third kappa shape index (κ3) is 12.0. The summed E-state index contributed by atoms with van der Waals surface area (Å²) in [6.45, 7) is 6.44. The van der Waals surface area contributed by atoms with Crippen LogP contribution in [0.15, 0.2) is 76.4 Å². The topological polar surface area (TPSA) is 249 Å². The zero-order valence-corrected chi connectivity index (χ0v) is 37.2. The lowest BCUT2D eigenvalue weighted by molar-refractivity contribution is -0.684. The van der Waals surface area contributed by atoms with Gasteiger partial charge in [-0.15, -0.1) is 5.06 Å². The number of carbonyl (C=O) groups excluding carboxylic acids is 3. The first-order valence-corrected chi connectivity index (χ1v) is 24.6. The zero-order valence-electron chi connectivity index (χ0n) is 33.9. The highest BCUT2D eigenvalue weighted by molar-refractivity contribution is 7.86. The summed E-state index contributed by atoms with van der Waals surface area (Å²) in [6, 6.07) is 6.08. The molecule has 0 spiro atoms. The van der Waals surface area contributed by atoms with Crippen molar-refractivity contribution < 1.29 is 62.7 Å². The maximum atomic E-state index is 12.4. The molecule has 0 radical (unpaired) electrons. The van der Waals surface area contributed by atoms with E-state index in [4.69, 9.17) is 21.4 Å². The number of hydroxylamine groups is 2. The predicted molar refractivity (Wildman–Crippen MR) is 224 cm³/mol. The van der Waals surface area contributed by atoms with Gasteiger partial charge in [-0.05, 0) is 99.8 Å². The number of nitrogens with zero attached hydrogens (tertiary/aromatic N) is 4. The molecule has 0 aliphatic carbocycles. The summed E-state index contributed by atoms with van der Waals surface area (Å²) in [5.41, 5.74) is 1.98. The number of unbranched alkanes of at least 4 members (excludes halogenated alkanes) is 3. The number of imide groups is 1. The van der Waals surface area contributed by atoms with Gasteiger partial charge in [-0.1, -0.05) is 42.7 Å². The molecule has 1 atom stereocenters. The lowest BCUT2D eigenvalue weighted by Gasteiger charge is -2.30. The van der Waals surface area contributed by atoms with Gasteiger partial charge in [0.25, 0.3) is 32.1 Å². The van der Waals surface area contributed by atoms with Crippen molar-refractivity contribution in [3.63, 3.8) is 0 Å². The number of rotatable bonds is 20. The molecule has 3 aliphatic heterocycles. The molecular formula is C40H49ClN4O13S3. The number of anilines is 1. The van der Waals surface area contributed by atoms with E-state index >= 15 is 0 Å². The van der Waals surface area contributed by atoms with Gasteiger partial charge in [0.05, 0.1) is 43.3 Å². The Bertz CT molecular complexity index is 2520. The van der Waals surface area contributed by atoms with E-state index in [1.165, 1.54) is 12.1 Å². The van der Waals surface area contributed by atoms with Crippen molar-refractivity contribution in [2.24, 2.45) is 4.99 Å². The van der Waals surface area contributed by atoms with Gasteiger partial charge >= 0.3 is 11.8 Å². The van der Waals surface area contributed by atoms with Crippen LogP contribution in [0, 0.1) is 0 Å². The molecular weight excluding hydrogens is 876 g/mol. The Labute approximate surface area is 361 Å². The number of hydrogen-bond donors (Lipinski definition) is 2. The van der Waals surface area contributed by atoms with Crippen LogP contribution in [-0.4, -0.2) is 85.5 Å². The van der Waals surface area contributed by atoms with Crippen molar-refractivity contribution in [1.29, 1.82) is 0 Å². The zero-order chi connectivity index (χ0) is 45.0. The van der Waals surface area contributed by atoms with Crippen LogP contribution in [0.4, 0.5) is 11.5 Å². The molecule has 21 heteroatoms. The fourth-order valence-corrected chi connectivity index (χ4v) is 9.53. The number of carbonyl (C=O) groups is 3. The van der Waals surface area contributed by atoms with Gasteiger partial charge in [0.1, 0.15) is 6.20 Å². The Morgan fingerprint density at radius 1 is 0.918 bits per heavy atom. The molecule has 1 aromatic carbocycles. The van der Waals surface area contributed by atoms with E-state index in [1.807, 2.05) is 37.8 Å². The van der Waals surface area contributed by atoms with Crippen molar-refractivity contribution >= 4 is 77.0 Å². The third-order valence-corrected chi connectivity index (χ3v) is 13.6. The second kappa shape index (κ2) is 19.0. The van der Waals surface area contributed by atoms with Gasteiger partial charge in [-0.2, -0.15) is 16.8 Å². The van der Waals surface area contributed by atoms with E-state index in [9.17, 15) is 53.3 Å². The normalized spacial score (nSPS) is 19.7. The predicted octanol–water partition coefficient (Wildman–Crippen LogP) is 5.17. The molecule has 1 unspecified atom stereocenters. The number of aromatic nitrogens is 1. The Balaban J connectivity index is 1.40. The van der Waals surface area contributed by atoms with E-state index in [2.05, 4.69) is 0 Å². The molecule has 61 heavy (non-hydrogen) atoms. The summed E-state index contributed by atoms with van der Waals surface area (Å²) in [6.07, 6.45) is 12.9. The minimum absolute atomic E-state index is 0.0156. The van der Waals surface area contributed by atoms with Crippen LogP contribution < -0.4 is 9.47 Å². The van der Waals surface area contributed by atoms with Crippen LogP contribution in [0.3, 0.4) is 0 Å². The van der Waals surface area contributed by atoms with Crippen molar-refractivity contribution in [2.75, 3.05) is 23.0 Å². The number of aryl methyl sites for hydroxylation is 1. The van der Waals surface area contributed by atoms with Crippen molar-refractivity contribution in [1.82, 2.24) is 5.06 Å². The third-order valence-electron chi connectivity index (χ3n) is 10.9. The van der Waals surface area contributed by atoms with Gasteiger partial charge in [0.15, 0.2) is 5.71 Å². The van der Waals surface area contributed by atoms with Gasteiger partial charge in [-0.3, -0.25) is 18.7 Å². The standard InChI is InChI=1S/C40H49ClN4O13S3/c1-39(2)31-25-28(41)27-43(21-12-24-60(52,53)54)38(31)42-33(39)13-6-4-7-14-34-40(3,20-9-11-23-59(49,50)51)30-26-29(61(55,56)57)16-17-32(30)44(34)22-10-5-8-15-37(48)58-45-35(46)18-19-36(45)47/h4,6-7,13-14,16-17,25-27H,5,8-12,15,18-24H2,1-3H3,(H2-,49,50,51,52,53,54,55,56,57). The molecule has 0 bridgehead atoms. The molecule has 2 aromatic rings. The van der Waals surface area contributed by atoms with Crippen LogP contribution in [0.1, 0.15) is 96.1 Å². The van der Waals surface area contributed by atoms with Gasteiger partial charge in [0.2, 0.25) is 0 Å². The monoisotopic (exact) mass is 924 g/mol. The van der Waals surface area contributed by atoms with Crippen LogP contribution in [0.5, 0.6) is 0 Å². The quantitative estimate of drug-likeness (QED) is 0.0572. The average molecular weight is 926 g/mol. The largest absolute Gasteiger partial charge is 0.748 e. The highest BCUT2D eigenvalue weighted by atomic mass is 35.5. The maximum Gasteiger partial charge on any atom is 0.333 e. The van der Waals surface area contributed by atoms with Crippen molar-refractivity contribution in [3.05, 3.63) is 82.7 Å². The fourth-order valence-electron chi connectivity index (χ4n) is 7.75. The van der Waals surface area contributed by atoms with Crippen LogP contribution >= 0.6 is 11.6 Å². The minimum Gasteiger partial charge on any atom is -0.748 e. The number of pyridine rings is 1. The molecule has 2 amide bonds. The number of benzene rings is 1. The van der Waals surface area contributed by atoms with E-state index in [-0.39, 0.29) is 43.5 Å². The summed E-state index contributed by atoms with van der Waals surface area (Å²) in [4.78, 5) is 47.5. The Hall–Kier alpha value is -4.31. The molecule has 5 rings (SSSR count). The molecule has 1 saturated heterocycles. The molecule has 4 heterocycles. The van der Waals surface area contributed by atoms with Crippen molar-refractivity contribution in [3.8, 4) is 0 Å². The van der Waals surface area contributed by atoms with Crippen LogP contribution in [0.2, 0.25) is 5.02 Å². The van der Waals surface area contributed by atoms with Crippen LogP contribution in [0.25, 0.3) is 0 Å². The molecule has 1 fully saturated rings. The second-order valence-corrected chi connectivity index (χ2v) is 20.8. The summed E-state index contributed by atoms with van der Waals surface area (Å²) < 4.78 is 102. The SMILES string of the molecule is CC1(C)C(/C=C/C=C/C=C2/N(CCCCCC(=O)ON3C(=O)CCC3=O)c3ccc(S(=O)(=O)O)cc3C2(C)CCCCS(=O)(=O)O)=Nc2c1cc(Cl)c[n+]2CCCS(=O)(=O)[O-]. The number of amides is 2. The molecule has 1 aromatic heterocycles. The molecule has 0 saturated carbocycles. The number of allylic oxidation sites excluding steroid dienone is 6. The highest BCUT2D eigenvalue weighted by Gasteiger charge is 2.44. The minimum atomic E-state index is -4.60. The Morgan fingerprint density at radius 3 is 2.28 bits per heavy atom. The first-order valence-electron chi connectivity index (χ1n) is 19.6. The Morgan fingerprint density at radius 2 is 1.62 bits per heavy atom. The fraction of sp³-hybridized carbons (Fsp3) is 0.475. The number of hydrogen-bond acceptors (Lipinski definition) is 13. The summed E-state index contributed by atoms with van der Waals surface area (Å²) >= 11 is 6.42. The van der Waals surface area contributed by atoms with Gasteiger partial charge < -0.3 is 14.3 Å². The number of fused-ring (bicyclic) bond motifs is 2. The lowest BCUT2D eigenvalue weighted by atomic mass is 9.77. The van der Waals surface area contributed by atoms with Gasteiger partial charge in [0, 0.05) is 48.4 Å². The molecule has 332 valence electrons. The number of aliphatic imine (C=N–C) groups is 1. The summed E-state index contributed by atoms with van der Waals surface area (Å²) in [5, 5.41) is 0.927. The maximum absolute atomic E-state index is 12.4. The second-order valence-electron chi connectivity index (χ2n) is 15.9. The molecule has 2 N–H and O–H groups in total. The van der Waals surface area contributed by atoms with Crippen LogP contribution in [-0.2, 0) is 67.0 Å². The first-order chi connectivity index (χ1) is 28.4. The highest BCUT2D eigenvalue weighted by Crippen LogP contribution is 2.51. The van der Waals surface area contributed by atoms with E-state index in [0.29, 0.717) is 71.5 Å². The molecule has 3 aliphatic rings. The molecule has 17 nitrogen and oxygen atoms in total. The van der Waals surface area contributed by atoms with E-state index < -0.39 is 70.5 Å². The average Bonchev–Trinajstić information content (AvgIpc) is 3.69. The van der Waals surface area contributed by atoms with E-state index in [1.54, 1.807) is 41.1 Å². The summed E-state index contributed by atoms with van der Waals surface area (Å²) in [7, 11) is -13.2. The van der Waals surface area contributed by atoms with Gasteiger partial charge in [-0.25, -0.2) is 17.8 Å². The lowest BCUT2D eigenvalue weighted by Crippen LogP contribution is -2.36. The van der Waals surface area contributed by atoms with Crippen molar-refractivity contribution in [2.45, 2.75) is 107 Å². The smallest absolute Gasteiger partial charge is 0.333 e. The summed E-state index contributed by atoms with van der Waals surface area (Å²) in [5.74, 6) is -2.25.